The number of nitrogens with zero attached hydrogens (tertiary/aromatic N) is 1. The lowest BCUT2D eigenvalue weighted by Crippen LogP contribution is -2.46. The Morgan fingerprint density at radius 2 is 2.00 bits per heavy atom. The number of nitrogens with one attached hydrogen (secondary N) is 2. The fourth-order valence-electron chi connectivity index (χ4n) is 1.52. The second-order valence-corrected chi connectivity index (χ2v) is 7.45. The molecular formula is C12H19N3O4S. The molecule has 0 bridgehead atoms. The summed E-state index contributed by atoms with van der Waals surface area (Å²) in [6.07, 6.45) is 2.45. The maximum Gasteiger partial charge on any atom is 0.248 e. The normalized spacial score (nSPS) is 12.4. The van der Waals surface area contributed by atoms with Crippen molar-refractivity contribution in [1.29, 1.82) is 0 Å². The highest BCUT2D eigenvalue weighted by Gasteiger charge is 2.26. The first kappa shape index (κ1) is 16.4. The number of H-pyrrole nitrogens is 1. The van der Waals surface area contributed by atoms with Gasteiger partial charge in [0.05, 0.1) is 6.54 Å². The standard InChI is InChI=1S/C12H19N3O4S/c1-12(2,3)14-11(17)8-15(4)20(18,19)10-7-13-6-5-9(10)16/h5-7H,8H2,1-4H3,(H,13,16)(H,14,17). The second kappa shape index (κ2) is 5.76. The Morgan fingerprint density at radius 1 is 1.40 bits per heavy atom. The van der Waals surface area contributed by atoms with Crippen LogP contribution < -0.4 is 10.7 Å². The van der Waals surface area contributed by atoms with E-state index in [0.29, 0.717) is 0 Å². The summed E-state index contributed by atoms with van der Waals surface area (Å²) in [6.45, 7) is 5.03. The molecule has 0 aliphatic rings. The summed E-state index contributed by atoms with van der Waals surface area (Å²) in [5.41, 5.74) is -1.07. The Morgan fingerprint density at radius 3 is 2.50 bits per heavy atom. The molecule has 0 atom stereocenters. The number of hydrogen-bond donors (Lipinski definition) is 2. The van der Waals surface area contributed by atoms with E-state index in [1.54, 1.807) is 20.8 Å². The number of carbonyl (C=O) groups excluding carboxylic acids is 1. The van der Waals surface area contributed by atoms with Crippen LogP contribution in [0.4, 0.5) is 0 Å². The van der Waals surface area contributed by atoms with Gasteiger partial charge in [-0.15, -0.1) is 0 Å². The number of aromatic amines is 1. The zero-order chi connectivity index (χ0) is 15.6. The van der Waals surface area contributed by atoms with Crippen molar-refractivity contribution in [3.05, 3.63) is 28.7 Å². The average Bonchev–Trinajstić information content (AvgIpc) is 2.26. The summed E-state index contributed by atoms with van der Waals surface area (Å²) < 4.78 is 25.2. The van der Waals surface area contributed by atoms with E-state index >= 15 is 0 Å². The molecule has 1 amide bonds. The number of amides is 1. The SMILES string of the molecule is CN(CC(=O)NC(C)(C)C)S(=O)(=O)c1c[nH]ccc1=O. The number of sulfonamides is 1. The summed E-state index contributed by atoms with van der Waals surface area (Å²) in [7, 11) is -2.74. The molecule has 0 fully saturated rings. The fraction of sp³-hybridized carbons (Fsp3) is 0.500. The minimum atomic E-state index is -3.99. The number of likely N-dealkylation sites (N-methyl/N-ethyl adjacent to an activating group) is 1. The van der Waals surface area contributed by atoms with E-state index in [1.165, 1.54) is 13.2 Å². The second-order valence-electron chi connectivity index (χ2n) is 5.43. The molecule has 0 aliphatic carbocycles. The lowest BCUT2D eigenvalue weighted by Gasteiger charge is -2.23. The largest absolute Gasteiger partial charge is 0.366 e. The van der Waals surface area contributed by atoms with Crippen molar-refractivity contribution in [3.8, 4) is 0 Å². The Balaban J connectivity index is 2.92. The minimum Gasteiger partial charge on any atom is -0.366 e. The number of pyridine rings is 1. The Bertz CT molecular complexity index is 643. The summed E-state index contributed by atoms with van der Waals surface area (Å²) in [4.78, 5) is 25.5. The van der Waals surface area contributed by atoms with Crippen LogP contribution in [0.3, 0.4) is 0 Å². The van der Waals surface area contributed by atoms with Crippen molar-refractivity contribution in [1.82, 2.24) is 14.6 Å². The van der Waals surface area contributed by atoms with Crippen LogP contribution in [0, 0.1) is 0 Å². The third kappa shape index (κ3) is 4.17. The monoisotopic (exact) mass is 301 g/mol. The Labute approximate surface area is 118 Å². The molecule has 7 nitrogen and oxygen atoms in total. The summed E-state index contributed by atoms with van der Waals surface area (Å²) in [5.74, 6) is -0.434. The van der Waals surface area contributed by atoms with E-state index in [9.17, 15) is 18.0 Å². The molecule has 0 saturated heterocycles. The predicted molar refractivity (Wildman–Crippen MR) is 74.8 cm³/mol. The van der Waals surface area contributed by atoms with Gasteiger partial charge in [0.1, 0.15) is 4.90 Å². The maximum atomic E-state index is 12.2. The first-order valence-corrected chi connectivity index (χ1v) is 7.42. The highest BCUT2D eigenvalue weighted by molar-refractivity contribution is 7.89. The number of rotatable bonds is 4. The smallest absolute Gasteiger partial charge is 0.248 e. The number of hydrogen-bond acceptors (Lipinski definition) is 4. The van der Waals surface area contributed by atoms with E-state index < -0.39 is 26.9 Å². The van der Waals surface area contributed by atoms with E-state index in [1.807, 2.05) is 0 Å². The molecule has 0 aromatic carbocycles. The highest BCUT2D eigenvalue weighted by Crippen LogP contribution is 2.08. The maximum absolute atomic E-state index is 12.2. The van der Waals surface area contributed by atoms with Crippen molar-refractivity contribution >= 4 is 15.9 Å². The molecule has 112 valence electrons. The average molecular weight is 301 g/mol. The van der Waals surface area contributed by atoms with Crippen molar-refractivity contribution < 1.29 is 13.2 Å². The molecule has 8 heteroatoms. The summed E-state index contributed by atoms with van der Waals surface area (Å²) in [5, 5.41) is 2.66. The molecular weight excluding hydrogens is 282 g/mol. The van der Waals surface area contributed by atoms with Crippen LogP contribution in [0.2, 0.25) is 0 Å². The lowest BCUT2D eigenvalue weighted by molar-refractivity contribution is -0.122. The summed E-state index contributed by atoms with van der Waals surface area (Å²) >= 11 is 0. The number of carbonyl (C=O) groups is 1. The van der Waals surface area contributed by atoms with Gasteiger partial charge in [-0.05, 0) is 20.8 Å². The van der Waals surface area contributed by atoms with Crippen LogP contribution in [-0.2, 0) is 14.8 Å². The predicted octanol–water partition coefficient (Wildman–Crippen LogP) is -0.0899. The topological polar surface area (TPSA) is 99.3 Å². The van der Waals surface area contributed by atoms with E-state index in [4.69, 9.17) is 0 Å². The molecule has 1 heterocycles. The van der Waals surface area contributed by atoms with E-state index in [-0.39, 0.29) is 11.4 Å². The van der Waals surface area contributed by atoms with Crippen LogP contribution in [0.5, 0.6) is 0 Å². The van der Waals surface area contributed by atoms with Gasteiger partial charge in [-0.2, -0.15) is 4.31 Å². The molecule has 1 aromatic rings. The van der Waals surface area contributed by atoms with Gasteiger partial charge >= 0.3 is 0 Å². The molecule has 0 aliphatic heterocycles. The molecule has 1 aromatic heterocycles. The molecule has 0 radical (unpaired) electrons. The molecule has 0 spiro atoms. The van der Waals surface area contributed by atoms with Gasteiger partial charge in [-0.1, -0.05) is 0 Å². The fourth-order valence-corrected chi connectivity index (χ4v) is 2.68. The van der Waals surface area contributed by atoms with Crippen LogP contribution in [0.25, 0.3) is 0 Å². The van der Waals surface area contributed by atoms with Crippen molar-refractivity contribution in [2.75, 3.05) is 13.6 Å². The van der Waals surface area contributed by atoms with Gasteiger partial charge in [0.25, 0.3) is 0 Å². The van der Waals surface area contributed by atoms with Crippen LogP contribution >= 0.6 is 0 Å². The summed E-state index contributed by atoms with van der Waals surface area (Å²) in [6, 6.07) is 1.12. The lowest BCUT2D eigenvalue weighted by atomic mass is 10.1. The van der Waals surface area contributed by atoms with Crippen molar-refractivity contribution in [3.63, 3.8) is 0 Å². The third-order valence-corrected chi connectivity index (χ3v) is 4.18. The van der Waals surface area contributed by atoms with Crippen LogP contribution in [0.15, 0.2) is 28.2 Å². The Kier molecular flexibility index (Phi) is 4.72. The molecule has 2 N–H and O–H groups in total. The van der Waals surface area contributed by atoms with Crippen LogP contribution in [0.1, 0.15) is 20.8 Å². The zero-order valence-electron chi connectivity index (χ0n) is 11.9. The van der Waals surface area contributed by atoms with Gasteiger partial charge < -0.3 is 10.3 Å². The van der Waals surface area contributed by atoms with Gasteiger partial charge in [-0.25, -0.2) is 8.42 Å². The quantitative estimate of drug-likeness (QED) is 0.812. The Hall–Kier alpha value is -1.67. The molecule has 0 unspecified atom stereocenters. The van der Waals surface area contributed by atoms with Crippen molar-refractivity contribution in [2.45, 2.75) is 31.2 Å². The molecule has 1 rings (SSSR count). The van der Waals surface area contributed by atoms with E-state index in [2.05, 4.69) is 10.3 Å². The minimum absolute atomic E-state index is 0.353. The van der Waals surface area contributed by atoms with E-state index in [0.717, 1.165) is 16.6 Å². The van der Waals surface area contributed by atoms with Gasteiger partial charge in [0.15, 0.2) is 0 Å². The molecule has 0 saturated carbocycles. The van der Waals surface area contributed by atoms with Gasteiger partial charge in [0.2, 0.25) is 21.4 Å². The highest BCUT2D eigenvalue weighted by atomic mass is 32.2. The number of aromatic nitrogens is 1. The molecule has 20 heavy (non-hydrogen) atoms. The van der Waals surface area contributed by atoms with Crippen molar-refractivity contribution in [2.24, 2.45) is 0 Å². The van der Waals surface area contributed by atoms with Gasteiger partial charge in [0, 0.05) is 31.0 Å². The first-order chi connectivity index (χ1) is 9.04. The van der Waals surface area contributed by atoms with Crippen LogP contribution in [-0.4, -0.2) is 42.7 Å². The first-order valence-electron chi connectivity index (χ1n) is 5.98. The zero-order valence-corrected chi connectivity index (χ0v) is 12.7. The van der Waals surface area contributed by atoms with Gasteiger partial charge in [-0.3, -0.25) is 9.59 Å². The third-order valence-electron chi connectivity index (χ3n) is 2.36.